The van der Waals surface area contributed by atoms with Gasteiger partial charge in [0.15, 0.2) is 0 Å². The Bertz CT molecular complexity index is 165. The Morgan fingerprint density at radius 1 is 1.36 bits per heavy atom. The quantitative estimate of drug-likeness (QED) is 0.635. The summed E-state index contributed by atoms with van der Waals surface area (Å²) >= 11 is 0. The van der Waals surface area contributed by atoms with Crippen molar-refractivity contribution in [3.05, 3.63) is 0 Å². The van der Waals surface area contributed by atoms with Gasteiger partial charge in [0.05, 0.1) is 6.10 Å². The summed E-state index contributed by atoms with van der Waals surface area (Å²) in [4.78, 5) is 11.0. The minimum atomic E-state index is 0.361. The molecule has 0 aliphatic heterocycles. The van der Waals surface area contributed by atoms with E-state index in [9.17, 15) is 4.79 Å². The zero-order valence-electron chi connectivity index (χ0n) is 9.42. The third-order valence-corrected chi connectivity index (χ3v) is 2.77. The van der Waals surface area contributed by atoms with Gasteiger partial charge < -0.3 is 4.74 Å². The van der Waals surface area contributed by atoms with Crippen molar-refractivity contribution in [3.63, 3.8) is 0 Å². The second kappa shape index (κ2) is 6.18. The van der Waals surface area contributed by atoms with Crippen LogP contribution in [0.5, 0.6) is 0 Å². The van der Waals surface area contributed by atoms with Gasteiger partial charge in [-0.2, -0.15) is 0 Å². The van der Waals surface area contributed by atoms with E-state index < -0.39 is 0 Å². The fourth-order valence-electron chi connectivity index (χ4n) is 1.82. The number of ether oxygens (including phenoxy) is 1. The van der Waals surface area contributed by atoms with E-state index >= 15 is 0 Å². The average Bonchev–Trinajstić information content (AvgIpc) is 2.15. The first-order valence-electron chi connectivity index (χ1n) is 5.82. The third-order valence-electron chi connectivity index (χ3n) is 2.77. The summed E-state index contributed by atoms with van der Waals surface area (Å²) < 4.78 is 5.73. The van der Waals surface area contributed by atoms with E-state index in [-0.39, 0.29) is 0 Å². The lowest BCUT2D eigenvalue weighted by Gasteiger charge is -2.21. The molecule has 2 nitrogen and oxygen atoms in total. The standard InChI is InChI=1S/C12H22O2/c1-10(2)4-3-9-14-12-7-5-11(13)6-8-12/h10,12H,3-9H2,1-2H3. The molecule has 1 aliphatic rings. The van der Waals surface area contributed by atoms with Gasteiger partial charge in [-0.3, -0.25) is 4.79 Å². The molecule has 0 aromatic rings. The number of carbonyl (C=O) groups excluding carboxylic acids is 1. The second-order valence-electron chi connectivity index (χ2n) is 4.64. The van der Waals surface area contributed by atoms with E-state index in [1.54, 1.807) is 0 Å². The van der Waals surface area contributed by atoms with Gasteiger partial charge in [-0.25, -0.2) is 0 Å². The van der Waals surface area contributed by atoms with Crippen LogP contribution >= 0.6 is 0 Å². The zero-order chi connectivity index (χ0) is 10.4. The normalized spacial score (nSPS) is 19.2. The molecule has 14 heavy (non-hydrogen) atoms. The second-order valence-corrected chi connectivity index (χ2v) is 4.64. The van der Waals surface area contributed by atoms with Gasteiger partial charge >= 0.3 is 0 Å². The SMILES string of the molecule is CC(C)CCCOC1CCC(=O)CC1. The molecule has 2 heteroatoms. The van der Waals surface area contributed by atoms with Crippen LogP contribution in [0.1, 0.15) is 52.4 Å². The number of Topliss-reactive ketones (excluding diaryl/α,β-unsaturated/α-hetero) is 1. The number of rotatable bonds is 5. The Balaban J connectivity index is 1.99. The average molecular weight is 198 g/mol. The van der Waals surface area contributed by atoms with Crippen LogP contribution in [0.25, 0.3) is 0 Å². The third kappa shape index (κ3) is 4.75. The molecule has 82 valence electrons. The van der Waals surface area contributed by atoms with Gasteiger partial charge in [-0.15, -0.1) is 0 Å². The van der Waals surface area contributed by atoms with Crippen molar-refractivity contribution < 1.29 is 9.53 Å². The summed E-state index contributed by atoms with van der Waals surface area (Å²) in [7, 11) is 0. The molecule has 1 aliphatic carbocycles. The highest BCUT2D eigenvalue weighted by molar-refractivity contribution is 5.79. The lowest BCUT2D eigenvalue weighted by Crippen LogP contribution is -2.21. The molecule has 0 atom stereocenters. The maximum Gasteiger partial charge on any atom is 0.133 e. The zero-order valence-corrected chi connectivity index (χ0v) is 9.42. The maximum atomic E-state index is 11.0. The molecule has 1 rings (SSSR count). The van der Waals surface area contributed by atoms with Crippen LogP contribution in [-0.2, 0) is 9.53 Å². The molecule has 0 bridgehead atoms. The Morgan fingerprint density at radius 2 is 2.00 bits per heavy atom. The molecule has 0 amide bonds. The molecule has 0 N–H and O–H groups in total. The molecule has 1 saturated carbocycles. The first kappa shape index (κ1) is 11.7. The maximum absolute atomic E-state index is 11.0. The van der Waals surface area contributed by atoms with Crippen molar-refractivity contribution in [3.8, 4) is 0 Å². The minimum Gasteiger partial charge on any atom is -0.378 e. The number of hydrogen-bond acceptors (Lipinski definition) is 2. The molecule has 0 aromatic heterocycles. The van der Waals surface area contributed by atoms with Crippen LogP contribution in [0, 0.1) is 5.92 Å². The minimum absolute atomic E-state index is 0.361. The van der Waals surface area contributed by atoms with Gasteiger partial charge in [0.25, 0.3) is 0 Å². The predicted octanol–water partition coefficient (Wildman–Crippen LogP) is 2.95. The molecule has 0 radical (unpaired) electrons. The molecule has 1 fully saturated rings. The van der Waals surface area contributed by atoms with Crippen molar-refractivity contribution in [1.82, 2.24) is 0 Å². The van der Waals surface area contributed by atoms with Gasteiger partial charge in [0, 0.05) is 19.4 Å². The summed E-state index contributed by atoms with van der Waals surface area (Å²) in [6.45, 7) is 5.34. The molecule has 0 heterocycles. The smallest absolute Gasteiger partial charge is 0.133 e. The summed E-state index contributed by atoms with van der Waals surface area (Å²) in [5.41, 5.74) is 0. The lowest BCUT2D eigenvalue weighted by molar-refractivity contribution is -0.123. The van der Waals surface area contributed by atoms with Crippen LogP contribution in [0.2, 0.25) is 0 Å². The van der Waals surface area contributed by atoms with E-state index in [1.807, 2.05) is 0 Å². The van der Waals surface area contributed by atoms with Crippen molar-refractivity contribution in [2.24, 2.45) is 5.92 Å². The van der Waals surface area contributed by atoms with Crippen molar-refractivity contribution >= 4 is 5.78 Å². The van der Waals surface area contributed by atoms with E-state index in [1.165, 1.54) is 6.42 Å². The Kier molecular flexibility index (Phi) is 5.16. The molecular weight excluding hydrogens is 176 g/mol. The van der Waals surface area contributed by atoms with Crippen LogP contribution in [-0.4, -0.2) is 18.5 Å². The molecular formula is C12H22O2. The molecule has 0 unspecified atom stereocenters. The Morgan fingerprint density at radius 3 is 2.57 bits per heavy atom. The summed E-state index contributed by atoms with van der Waals surface area (Å²) in [5.74, 6) is 1.18. The predicted molar refractivity (Wildman–Crippen MR) is 57.3 cm³/mol. The highest BCUT2D eigenvalue weighted by atomic mass is 16.5. The molecule has 0 aromatic carbocycles. The number of hydrogen-bond donors (Lipinski definition) is 0. The summed E-state index contributed by atoms with van der Waals surface area (Å²) in [6, 6.07) is 0. The van der Waals surface area contributed by atoms with E-state index in [4.69, 9.17) is 4.74 Å². The highest BCUT2D eigenvalue weighted by Crippen LogP contribution is 2.18. The molecule has 0 spiro atoms. The highest BCUT2D eigenvalue weighted by Gasteiger charge is 2.18. The van der Waals surface area contributed by atoms with Crippen LogP contribution in [0.3, 0.4) is 0 Å². The van der Waals surface area contributed by atoms with Crippen LogP contribution in [0.4, 0.5) is 0 Å². The first-order valence-corrected chi connectivity index (χ1v) is 5.82. The number of ketones is 1. The van der Waals surface area contributed by atoms with Crippen LogP contribution < -0.4 is 0 Å². The first-order chi connectivity index (χ1) is 6.68. The lowest BCUT2D eigenvalue weighted by atomic mass is 9.96. The van der Waals surface area contributed by atoms with Crippen molar-refractivity contribution in [2.75, 3.05) is 6.61 Å². The fourth-order valence-corrected chi connectivity index (χ4v) is 1.82. The van der Waals surface area contributed by atoms with Gasteiger partial charge in [0.1, 0.15) is 5.78 Å². The topological polar surface area (TPSA) is 26.3 Å². The van der Waals surface area contributed by atoms with Crippen molar-refractivity contribution in [2.45, 2.75) is 58.5 Å². The summed E-state index contributed by atoms with van der Waals surface area (Å²) in [5, 5.41) is 0. The Labute approximate surface area is 87.0 Å². The van der Waals surface area contributed by atoms with Crippen molar-refractivity contribution in [1.29, 1.82) is 0 Å². The van der Waals surface area contributed by atoms with E-state index in [0.29, 0.717) is 11.9 Å². The number of carbonyl (C=O) groups is 1. The fraction of sp³-hybridized carbons (Fsp3) is 0.917. The molecule has 0 saturated heterocycles. The largest absolute Gasteiger partial charge is 0.378 e. The monoisotopic (exact) mass is 198 g/mol. The summed E-state index contributed by atoms with van der Waals surface area (Å²) in [6.07, 6.45) is 6.11. The van der Waals surface area contributed by atoms with Gasteiger partial charge in [-0.1, -0.05) is 13.8 Å². The van der Waals surface area contributed by atoms with Crippen LogP contribution in [0.15, 0.2) is 0 Å². The van der Waals surface area contributed by atoms with E-state index in [2.05, 4.69) is 13.8 Å². The van der Waals surface area contributed by atoms with Gasteiger partial charge in [-0.05, 0) is 31.6 Å². The van der Waals surface area contributed by atoms with E-state index in [0.717, 1.165) is 44.6 Å². The van der Waals surface area contributed by atoms with Gasteiger partial charge in [0.2, 0.25) is 0 Å². The Hall–Kier alpha value is -0.370.